The Bertz CT molecular complexity index is 902. The number of amides is 1. The van der Waals surface area contributed by atoms with Crippen molar-refractivity contribution in [2.45, 2.75) is 18.9 Å². The molecular weight excluding hydrogens is 290 g/mol. The largest absolute Gasteiger partial charge is 0.459 e. The lowest BCUT2D eigenvalue weighted by Crippen LogP contribution is -2.30. The number of nitrogens with zero attached hydrogens (tertiary/aromatic N) is 2. The number of aromatic nitrogens is 2. The summed E-state index contributed by atoms with van der Waals surface area (Å²) in [5.74, 6) is 3.68. The van der Waals surface area contributed by atoms with E-state index in [1.807, 2.05) is 23.1 Å². The lowest BCUT2D eigenvalue weighted by molar-refractivity contribution is 0.0698. The highest BCUT2D eigenvalue weighted by molar-refractivity contribution is 5.92. The smallest absolute Gasteiger partial charge is 0.290 e. The first-order valence-electron chi connectivity index (χ1n) is 7.57. The number of nitrogens with one attached hydrogen (secondary N) is 1. The van der Waals surface area contributed by atoms with Gasteiger partial charge in [-0.3, -0.25) is 4.79 Å². The maximum atomic E-state index is 12.6. The molecule has 5 heteroatoms. The van der Waals surface area contributed by atoms with Gasteiger partial charge in [-0.1, -0.05) is 5.92 Å². The molecule has 1 aromatic carbocycles. The first-order valence-corrected chi connectivity index (χ1v) is 7.57. The van der Waals surface area contributed by atoms with Gasteiger partial charge in [-0.05, 0) is 43.2 Å². The summed E-state index contributed by atoms with van der Waals surface area (Å²) in [4.78, 5) is 22.3. The van der Waals surface area contributed by atoms with Gasteiger partial charge < -0.3 is 14.3 Å². The highest BCUT2D eigenvalue weighted by Gasteiger charge is 2.33. The topological polar surface area (TPSA) is 62.1 Å². The molecule has 1 amide bonds. The van der Waals surface area contributed by atoms with Crippen LogP contribution in [0.2, 0.25) is 0 Å². The van der Waals surface area contributed by atoms with Crippen LogP contribution in [0.25, 0.3) is 11.0 Å². The molecule has 0 saturated carbocycles. The number of furan rings is 1. The second-order valence-electron chi connectivity index (χ2n) is 5.63. The van der Waals surface area contributed by atoms with Crippen molar-refractivity contribution >= 4 is 16.9 Å². The molecule has 1 N–H and O–H groups in total. The summed E-state index contributed by atoms with van der Waals surface area (Å²) >= 11 is 0. The summed E-state index contributed by atoms with van der Waals surface area (Å²) < 4.78 is 5.24. The van der Waals surface area contributed by atoms with E-state index >= 15 is 0 Å². The Morgan fingerprint density at radius 2 is 2.35 bits per heavy atom. The quantitative estimate of drug-likeness (QED) is 0.740. The molecule has 5 nitrogen and oxygen atoms in total. The molecule has 0 unspecified atom stereocenters. The Morgan fingerprint density at radius 3 is 3.13 bits per heavy atom. The number of likely N-dealkylation sites (tertiary alicyclic amines) is 1. The number of imidazole rings is 1. The third-order valence-corrected chi connectivity index (χ3v) is 4.23. The molecule has 2 aromatic heterocycles. The molecule has 23 heavy (non-hydrogen) atoms. The number of carbonyl (C=O) groups excluding carboxylic acids is 1. The van der Waals surface area contributed by atoms with Crippen molar-refractivity contribution in [3.05, 3.63) is 53.7 Å². The van der Waals surface area contributed by atoms with Crippen LogP contribution in [0.5, 0.6) is 0 Å². The van der Waals surface area contributed by atoms with Gasteiger partial charge in [-0.15, -0.1) is 6.42 Å². The summed E-state index contributed by atoms with van der Waals surface area (Å²) in [6.45, 7) is 0.705. The van der Waals surface area contributed by atoms with Crippen LogP contribution in [-0.4, -0.2) is 27.3 Å². The Balaban J connectivity index is 1.69. The van der Waals surface area contributed by atoms with E-state index in [0.717, 1.165) is 35.3 Å². The molecule has 0 radical (unpaired) electrons. The molecule has 114 valence electrons. The number of hydrogen-bond acceptors (Lipinski definition) is 3. The molecule has 1 aliphatic heterocycles. The molecule has 0 bridgehead atoms. The lowest BCUT2D eigenvalue weighted by atomic mass is 10.2. The summed E-state index contributed by atoms with van der Waals surface area (Å²) in [5.41, 5.74) is 2.56. The van der Waals surface area contributed by atoms with Crippen molar-refractivity contribution in [3.8, 4) is 12.3 Å². The number of fused-ring (bicyclic) bond motifs is 1. The number of terminal acetylenes is 1. The number of benzene rings is 1. The van der Waals surface area contributed by atoms with E-state index in [-0.39, 0.29) is 11.9 Å². The van der Waals surface area contributed by atoms with Crippen LogP contribution in [0.3, 0.4) is 0 Å². The molecule has 1 saturated heterocycles. The third-order valence-electron chi connectivity index (χ3n) is 4.23. The fourth-order valence-electron chi connectivity index (χ4n) is 3.11. The van der Waals surface area contributed by atoms with Crippen molar-refractivity contribution in [1.82, 2.24) is 14.9 Å². The Hall–Kier alpha value is -3.00. The predicted octanol–water partition coefficient (Wildman–Crippen LogP) is 3.11. The number of rotatable bonds is 2. The first kappa shape index (κ1) is 13.6. The minimum atomic E-state index is -0.0951. The van der Waals surface area contributed by atoms with Crippen LogP contribution in [-0.2, 0) is 0 Å². The molecule has 3 heterocycles. The number of carbonyl (C=O) groups is 1. The lowest BCUT2D eigenvalue weighted by Gasteiger charge is -2.21. The van der Waals surface area contributed by atoms with Crippen LogP contribution >= 0.6 is 0 Å². The average molecular weight is 305 g/mol. The minimum Gasteiger partial charge on any atom is -0.459 e. The minimum absolute atomic E-state index is 0.0608. The van der Waals surface area contributed by atoms with Gasteiger partial charge in [0, 0.05) is 12.1 Å². The van der Waals surface area contributed by atoms with Crippen molar-refractivity contribution in [1.29, 1.82) is 0 Å². The van der Waals surface area contributed by atoms with Gasteiger partial charge in [0.2, 0.25) is 0 Å². The van der Waals surface area contributed by atoms with E-state index in [2.05, 4.69) is 15.9 Å². The maximum absolute atomic E-state index is 12.6. The van der Waals surface area contributed by atoms with Gasteiger partial charge in [0.25, 0.3) is 5.91 Å². The van der Waals surface area contributed by atoms with Crippen LogP contribution in [0.4, 0.5) is 0 Å². The van der Waals surface area contributed by atoms with Crippen LogP contribution in [0.1, 0.15) is 40.8 Å². The van der Waals surface area contributed by atoms with E-state index < -0.39 is 0 Å². The predicted molar refractivity (Wildman–Crippen MR) is 85.7 cm³/mol. The number of H-pyrrole nitrogens is 1. The highest BCUT2D eigenvalue weighted by Crippen LogP contribution is 2.32. The van der Waals surface area contributed by atoms with Gasteiger partial charge in [0.15, 0.2) is 5.76 Å². The van der Waals surface area contributed by atoms with Crippen LogP contribution in [0, 0.1) is 12.3 Å². The highest BCUT2D eigenvalue weighted by atomic mass is 16.3. The van der Waals surface area contributed by atoms with Gasteiger partial charge in [0.05, 0.1) is 23.3 Å². The summed E-state index contributed by atoms with van der Waals surface area (Å²) in [7, 11) is 0. The van der Waals surface area contributed by atoms with Crippen molar-refractivity contribution in [3.63, 3.8) is 0 Å². The van der Waals surface area contributed by atoms with E-state index in [4.69, 9.17) is 10.8 Å². The molecule has 4 rings (SSSR count). The number of aromatic amines is 1. The van der Waals surface area contributed by atoms with E-state index in [1.165, 1.54) is 6.26 Å². The van der Waals surface area contributed by atoms with Crippen molar-refractivity contribution < 1.29 is 9.21 Å². The second kappa shape index (κ2) is 5.33. The van der Waals surface area contributed by atoms with Gasteiger partial charge >= 0.3 is 0 Å². The molecular formula is C18H15N3O2. The van der Waals surface area contributed by atoms with Crippen molar-refractivity contribution in [2.24, 2.45) is 0 Å². The zero-order valence-electron chi connectivity index (χ0n) is 12.5. The summed E-state index contributed by atoms with van der Waals surface area (Å²) in [6, 6.07) is 9.02. The molecule has 1 fully saturated rings. The number of hydrogen-bond donors (Lipinski definition) is 1. The third kappa shape index (κ3) is 2.29. The molecule has 3 aromatic rings. The average Bonchev–Trinajstić information content (AvgIpc) is 3.32. The maximum Gasteiger partial charge on any atom is 0.290 e. The van der Waals surface area contributed by atoms with E-state index in [9.17, 15) is 4.79 Å². The van der Waals surface area contributed by atoms with Crippen LogP contribution in [0.15, 0.2) is 41.0 Å². The summed E-state index contributed by atoms with van der Waals surface area (Å²) in [5, 5.41) is 0. The Labute approximate surface area is 133 Å². The Kier molecular flexibility index (Phi) is 3.16. The van der Waals surface area contributed by atoms with Crippen LogP contribution < -0.4 is 0 Å². The Morgan fingerprint density at radius 1 is 1.43 bits per heavy atom. The first-order chi connectivity index (χ1) is 11.3. The standard InChI is InChI=1S/C18H15N3O2/c1-2-12-7-8-13-14(11-12)20-17(19-13)15-5-3-9-21(15)18(22)16-6-4-10-23-16/h1,4,6-8,10-11,15H,3,5,9H2,(H,19,20)/t15-/m0/s1. The fraction of sp³-hybridized carbons (Fsp3) is 0.222. The summed E-state index contributed by atoms with van der Waals surface area (Å²) in [6.07, 6.45) is 8.78. The van der Waals surface area contributed by atoms with Gasteiger partial charge in [0.1, 0.15) is 5.82 Å². The molecule has 0 aliphatic carbocycles. The van der Waals surface area contributed by atoms with Gasteiger partial charge in [-0.25, -0.2) is 4.98 Å². The molecule has 0 spiro atoms. The van der Waals surface area contributed by atoms with E-state index in [0.29, 0.717) is 12.3 Å². The monoisotopic (exact) mass is 305 g/mol. The second-order valence-corrected chi connectivity index (χ2v) is 5.63. The zero-order chi connectivity index (χ0) is 15.8. The fourth-order valence-corrected chi connectivity index (χ4v) is 3.11. The van der Waals surface area contributed by atoms with Gasteiger partial charge in [-0.2, -0.15) is 0 Å². The van der Waals surface area contributed by atoms with E-state index in [1.54, 1.807) is 12.1 Å². The molecule has 1 atom stereocenters. The SMILES string of the molecule is C#Cc1ccc2nc([C@@H]3CCCN3C(=O)c3ccco3)[nH]c2c1. The zero-order valence-corrected chi connectivity index (χ0v) is 12.5. The normalized spacial score (nSPS) is 17.5. The van der Waals surface area contributed by atoms with Crippen molar-refractivity contribution in [2.75, 3.05) is 6.54 Å². The molecule has 1 aliphatic rings.